The number of methoxy groups -OCH3 is 2. The van der Waals surface area contributed by atoms with Gasteiger partial charge >= 0.3 is 5.97 Å². The third-order valence-electron chi connectivity index (χ3n) is 5.33. The maximum absolute atomic E-state index is 13.0. The summed E-state index contributed by atoms with van der Waals surface area (Å²) in [7, 11) is 2.99. The maximum atomic E-state index is 13.0. The Hall–Kier alpha value is -3.60. The van der Waals surface area contributed by atoms with Crippen molar-refractivity contribution < 1.29 is 19.1 Å². The van der Waals surface area contributed by atoms with Gasteiger partial charge in [0.2, 0.25) is 5.91 Å². The van der Waals surface area contributed by atoms with Crippen molar-refractivity contribution >= 4 is 17.6 Å². The van der Waals surface area contributed by atoms with Crippen molar-refractivity contribution in [3.63, 3.8) is 0 Å². The van der Waals surface area contributed by atoms with E-state index in [2.05, 4.69) is 6.92 Å². The second-order valence-electron chi connectivity index (χ2n) is 7.52. The number of rotatable bonds is 9. The fourth-order valence-electron chi connectivity index (χ4n) is 3.55. The molecule has 5 heteroatoms. The van der Waals surface area contributed by atoms with Gasteiger partial charge in [0.25, 0.3) is 0 Å². The summed E-state index contributed by atoms with van der Waals surface area (Å²) in [6, 6.07) is 23.0. The van der Waals surface area contributed by atoms with E-state index in [9.17, 15) is 9.59 Å². The van der Waals surface area contributed by atoms with Crippen LogP contribution in [-0.2, 0) is 16.1 Å². The second-order valence-corrected chi connectivity index (χ2v) is 7.52. The third kappa shape index (κ3) is 5.55. The van der Waals surface area contributed by atoms with Crippen molar-refractivity contribution in [2.75, 3.05) is 19.1 Å². The number of hydrogen-bond donors (Lipinski definition) is 0. The van der Waals surface area contributed by atoms with Gasteiger partial charge in [-0.25, -0.2) is 4.79 Å². The number of amides is 1. The number of hydrogen-bond acceptors (Lipinski definition) is 4. The van der Waals surface area contributed by atoms with Crippen LogP contribution < -0.4 is 9.64 Å². The van der Waals surface area contributed by atoms with Crippen molar-refractivity contribution in [2.45, 2.75) is 32.7 Å². The molecule has 0 atom stereocenters. The molecule has 1 amide bonds. The molecule has 0 unspecified atom stereocenters. The molecule has 0 bridgehead atoms. The summed E-state index contributed by atoms with van der Waals surface area (Å²) in [6.07, 6.45) is 2.30. The first-order valence-corrected chi connectivity index (χ1v) is 10.8. The summed E-state index contributed by atoms with van der Waals surface area (Å²) in [5.41, 5.74) is 4.21. The highest BCUT2D eigenvalue weighted by Crippen LogP contribution is 2.30. The minimum atomic E-state index is -0.360. The molecule has 3 aromatic rings. The highest BCUT2D eigenvalue weighted by Gasteiger charge is 2.19. The lowest BCUT2D eigenvalue weighted by atomic mass is 10.0. The van der Waals surface area contributed by atoms with E-state index in [1.165, 1.54) is 7.11 Å². The van der Waals surface area contributed by atoms with E-state index in [0.29, 0.717) is 24.3 Å². The Kier molecular flexibility index (Phi) is 8.03. The zero-order valence-corrected chi connectivity index (χ0v) is 18.8. The monoisotopic (exact) mass is 431 g/mol. The van der Waals surface area contributed by atoms with Crippen molar-refractivity contribution in [1.82, 2.24) is 0 Å². The van der Waals surface area contributed by atoms with Gasteiger partial charge in [-0.2, -0.15) is 0 Å². The predicted molar refractivity (Wildman–Crippen MR) is 127 cm³/mol. The lowest BCUT2D eigenvalue weighted by molar-refractivity contribution is -0.118. The highest BCUT2D eigenvalue weighted by molar-refractivity contribution is 5.95. The van der Waals surface area contributed by atoms with E-state index in [-0.39, 0.29) is 11.9 Å². The number of esters is 1. The minimum Gasteiger partial charge on any atom is -0.495 e. The first-order chi connectivity index (χ1) is 15.6. The summed E-state index contributed by atoms with van der Waals surface area (Å²) >= 11 is 0. The maximum Gasteiger partial charge on any atom is 0.337 e. The molecule has 0 spiro atoms. The molecule has 0 aliphatic rings. The number of ether oxygens (including phenoxy) is 2. The van der Waals surface area contributed by atoms with Crippen LogP contribution in [0.3, 0.4) is 0 Å². The molecule has 0 saturated carbocycles. The van der Waals surface area contributed by atoms with Gasteiger partial charge in [0.1, 0.15) is 5.75 Å². The smallest absolute Gasteiger partial charge is 0.337 e. The summed E-state index contributed by atoms with van der Waals surface area (Å²) < 4.78 is 10.3. The topological polar surface area (TPSA) is 55.8 Å². The number of carbonyl (C=O) groups is 2. The zero-order chi connectivity index (χ0) is 22.9. The number of benzene rings is 3. The molecule has 5 nitrogen and oxygen atoms in total. The molecule has 0 radical (unpaired) electrons. The van der Waals surface area contributed by atoms with Gasteiger partial charge in [-0.15, -0.1) is 0 Å². The predicted octanol–water partition coefficient (Wildman–Crippen LogP) is 5.87. The molecule has 3 aromatic carbocycles. The Bertz CT molecular complexity index is 1060. The number of anilines is 1. The normalized spacial score (nSPS) is 10.5. The van der Waals surface area contributed by atoms with Crippen LogP contribution in [0.4, 0.5) is 5.69 Å². The molecule has 0 N–H and O–H groups in total. The highest BCUT2D eigenvalue weighted by atomic mass is 16.5. The molecule has 32 heavy (non-hydrogen) atoms. The Morgan fingerprint density at radius 2 is 1.62 bits per heavy atom. The Labute approximate surface area is 189 Å². The summed E-state index contributed by atoms with van der Waals surface area (Å²) in [6.45, 7) is 2.53. The standard InChI is InChI=1S/C27H29NO4/c1-4-5-13-26(29)28(24-11-6-7-12-25(24)31-2)19-20-14-16-21(17-15-20)22-9-8-10-23(18-22)27(30)32-3/h6-12,14-18H,4-5,13,19H2,1-3H3. The molecule has 3 rings (SSSR count). The molecular formula is C27H29NO4. The van der Waals surface area contributed by atoms with Crippen LogP contribution in [0.2, 0.25) is 0 Å². The van der Waals surface area contributed by atoms with Crippen molar-refractivity contribution in [1.29, 1.82) is 0 Å². The molecular weight excluding hydrogens is 402 g/mol. The fourth-order valence-corrected chi connectivity index (χ4v) is 3.55. The first-order valence-electron chi connectivity index (χ1n) is 10.8. The van der Waals surface area contributed by atoms with Crippen LogP contribution in [0.5, 0.6) is 5.75 Å². The minimum absolute atomic E-state index is 0.0752. The van der Waals surface area contributed by atoms with Crippen LogP contribution in [-0.4, -0.2) is 26.1 Å². The molecule has 0 aliphatic heterocycles. The summed E-state index contributed by atoms with van der Waals surface area (Å²) in [5, 5.41) is 0. The van der Waals surface area contributed by atoms with Crippen LogP contribution >= 0.6 is 0 Å². The van der Waals surface area contributed by atoms with Crippen molar-refractivity contribution in [3.05, 3.63) is 83.9 Å². The fraction of sp³-hybridized carbons (Fsp3) is 0.259. The Balaban J connectivity index is 1.86. The zero-order valence-electron chi connectivity index (χ0n) is 18.8. The molecule has 0 heterocycles. The number of para-hydroxylation sites is 2. The van der Waals surface area contributed by atoms with E-state index >= 15 is 0 Å². The molecule has 166 valence electrons. The average molecular weight is 432 g/mol. The lowest BCUT2D eigenvalue weighted by Crippen LogP contribution is -2.30. The lowest BCUT2D eigenvalue weighted by Gasteiger charge is -2.25. The van der Waals surface area contributed by atoms with Crippen LogP contribution in [0.15, 0.2) is 72.8 Å². The average Bonchev–Trinajstić information content (AvgIpc) is 2.85. The second kappa shape index (κ2) is 11.1. The van der Waals surface area contributed by atoms with Gasteiger partial charge in [0.15, 0.2) is 0 Å². The molecule has 0 saturated heterocycles. The van der Waals surface area contributed by atoms with Gasteiger partial charge in [0.05, 0.1) is 32.0 Å². The van der Waals surface area contributed by atoms with Gasteiger partial charge in [-0.05, 0) is 47.4 Å². The van der Waals surface area contributed by atoms with E-state index in [1.54, 1.807) is 18.1 Å². The summed E-state index contributed by atoms with van der Waals surface area (Å²) in [5.74, 6) is 0.390. The van der Waals surface area contributed by atoms with Gasteiger partial charge < -0.3 is 14.4 Å². The number of carbonyl (C=O) groups excluding carboxylic acids is 2. The Morgan fingerprint density at radius 1 is 0.875 bits per heavy atom. The van der Waals surface area contributed by atoms with Crippen molar-refractivity contribution in [2.24, 2.45) is 0 Å². The van der Waals surface area contributed by atoms with E-state index in [0.717, 1.165) is 35.2 Å². The van der Waals surface area contributed by atoms with E-state index in [4.69, 9.17) is 9.47 Å². The third-order valence-corrected chi connectivity index (χ3v) is 5.33. The number of unbranched alkanes of at least 4 members (excludes halogenated alkanes) is 1. The van der Waals surface area contributed by atoms with E-state index in [1.807, 2.05) is 66.7 Å². The summed E-state index contributed by atoms with van der Waals surface area (Å²) in [4.78, 5) is 26.6. The Morgan fingerprint density at radius 3 is 2.31 bits per heavy atom. The van der Waals surface area contributed by atoms with Gasteiger partial charge in [-0.3, -0.25) is 4.79 Å². The molecule has 0 aliphatic carbocycles. The number of nitrogens with zero attached hydrogens (tertiary/aromatic N) is 1. The van der Waals surface area contributed by atoms with Crippen LogP contribution in [0.1, 0.15) is 42.1 Å². The quantitative estimate of drug-likeness (QED) is 0.398. The van der Waals surface area contributed by atoms with E-state index < -0.39 is 0 Å². The van der Waals surface area contributed by atoms with Crippen LogP contribution in [0, 0.1) is 0 Å². The van der Waals surface area contributed by atoms with Crippen molar-refractivity contribution in [3.8, 4) is 16.9 Å². The van der Waals surface area contributed by atoms with Gasteiger partial charge in [-0.1, -0.05) is 61.9 Å². The van der Waals surface area contributed by atoms with Crippen LogP contribution in [0.25, 0.3) is 11.1 Å². The SMILES string of the molecule is CCCCC(=O)N(Cc1ccc(-c2cccc(C(=O)OC)c2)cc1)c1ccccc1OC. The van der Waals surface area contributed by atoms with Gasteiger partial charge in [0, 0.05) is 6.42 Å². The largest absolute Gasteiger partial charge is 0.495 e. The molecule has 0 aromatic heterocycles. The molecule has 0 fully saturated rings. The first kappa shape index (κ1) is 23.1.